The summed E-state index contributed by atoms with van der Waals surface area (Å²) in [6, 6.07) is 1.99. The molecule has 0 spiro atoms. The third kappa shape index (κ3) is 0.975. The fourth-order valence-electron chi connectivity index (χ4n) is 1.25. The molecule has 0 aliphatic rings. The minimum absolute atomic E-state index is 0.307. The van der Waals surface area contributed by atoms with Crippen LogP contribution in [0.5, 0.6) is 0 Å². The number of nitrogens with zero attached hydrogens (tertiary/aromatic N) is 3. The molecule has 0 amide bonds. The van der Waals surface area contributed by atoms with Crippen molar-refractivity contribution >= 4 is 22.6 Å². The predicted octanol–water partition coefficient (Wildman–Crippen LogP) is 1.93. The number of halogens is 1. The Morgan fingerprint density at radius 2 is 2.17 bits per heavy atom. The second-order valence-corrected chi connectivity index (χ2v) is 3.08. The zero-order valence-electron chi connectivity index (χ0n) is 6.87. The molecule has 0 aliphatic heterocycles. The Labute approximate surface area is 75.0 Å². The van der Waals surface area contributed by atoms with Crippen LogP contribution in [-0.4, -0.2) is 14.5 Å². The van der Waals surface area contributed by atoms with Gasteiger partial charge in [-0.1, -0.05) is 0 Å². The molecular formula is C8H8ClN3. The van der Waals surface area contributed by atoms with Gasteiger partial charge in [-0.2, -0.15) is 4.98 Å². The second kappa shape index (κ2) is 2.45. The number of hydrogen-bond acceptors (Lipinski definition) is 2. The van der Waals surface area contributed by atoms with Gasteiger partial charge in [-0.3, -0.25) is 0 Å². The zero-order valence-corrected chi connectivity index (χ0v) is 7.63. The van der Waals surface area contributed by atoms with Crippen molar-refractivity contribution in [2.45, 2.75) is 6.92 Å². The SMILES string of the molecule is Cc1nc(Cl)nc2c1ccn2C. The Hall–Kier alpha value is -1.09. The van der Waals surface area contributed by atoms with Crippen molar-refractivity contribution in [2.75, 3.05) is 0 Å². The summed E-state index contributed by atoms with van der Waals surface area (Å²) in [6.45, 7) is 1.93. The summed E-state index contributed by atoms with van der Waals surface area (Å²) in [5.74, 6) is 0. The molecule has 0 saturated heterocycles. The van der Waals surface area contributed by atoms with Crippen LogP contribution >= 0.6 is 11.6 Å². The van der Waals surface area contributed by atoms with E-state index in [1.807, 2.05) is 30.8 Å². The average Bonchev–Trinajstić information content (AvgIpc) is 2.33. The van der Waals surface area contributed by atoms with Gasteiger partial charge in [0.1, 0.15) is 5.65 Å². The Morgan fingerprint density at radius 1 is 1.42 bits per heavy atom. The lowest BCUT2D eigenvalue weighted by Gasteiger charge is -1.97. The normalized spacial score (nSPS) is 10.9. The van der Waals surface area contributed by atoms with Crippen molar-refractivity contribution in [1.82, 2.24) is 14.5 Å². The van der Waals surface area contributed by atoms with Crippen LogP contribution < -0.4 is 0 Å². The van der Waals surface area contributed by atoms with Gasteiger partial charge in [0.05, 0.1) is 5.69 Å². The monoisotopic (exact) mass is 181 g/mol. The summed E-state index contributed by atoms with van der Waals surface area (Å²) in [6.07, 6.45) is 1.95. The molecule has 2 heterocycles. The first-order valence-corrected chi connectivity index (χ1v) is 4.01. The third-order valence-corrected chi connectivity index (χ3v) is 2.06. The fourth-order valence-corrected chi connectivity index (χ4v) is 1.46. The highest BCUT2D eigenvalue weighted by Crippen LogP contribution is 2.17. The molecule has 0 N–H and O–H groups in total. The van der Waals surface area contributed by atoms with E-state index in [0.717, 1.165) is 16.7 Å². The first kappa shape index (κ1) is 7.55. The van der Waals surface area contributed by atoms with E-state index in [9.17, 15) is 0 Å². The van der Waals surface area contributed by atoms with Crippen LogP contribution in [0, 0.1) is 6.92 Å². The van der Waals surface area contributed by atoms with Gasteiger partial charge in [0.2, 0.25) is 5.28 Å². The molecule has 0 aliphatic carbocycles. The van der Waals surface area contributed by atoms with Crippen LogP contribution in [-0.2, 0) is 7.05 Å². The molecule has 0 aromatic carbocycles. The summed E-state index contributed by atoms with van der Waals surface area (Å²) in [5.41, 5.74) is 1.80. The maximum Gasteiger partial charge on any atom is 0.224 e. The van der Waals surface area contributed by atoms with Crippen molar-refractivity contribution in [1.29, 1.82) is 0 Å². The van der Waals surface area contributed by atoms with E-state index >= 15 is 0 Å². The molecule has 4 heteroatoms. The van der Waals surface area contributed by atoms with E-state index in [4.69, 9.17) is 11.6 Å². The third-order valence-electron chi connectivity index (χ3n) is 1.89. The molecule has 2 aromatic rings. The van der Waals surface area contributed by atoms with Crippen molar-refractivity contribution < 1.29 is 0 Å². The van der Waals surface area contributed by atoms with Gasteiger partial charge in [0.15, 0.2) is 0 Å². The first-order chi connectivity index (χ1) is 5.68. The molecular weight excluding hydrogens is 174 g/mol. The van der Waals surface area contributed by atoms with Crippen LogP contribution in [0.3, 0.4) is 0 Å². The van der Waals surface area contributed by atoms with E-state index in [0.29, 0.717) is 5.28 Å². The molecule has 2 aromatic heterocycles. The topological polar surface area (TPSA) is 30.7 Å². The molecule has 3 nitrogen and oxygen atoms in total. The fraction of sp³-hybridized carbons (Fsp3) is 0.250. The molecule has 0 radical (unpaired) electrons. The van der Waals surface area contributed by atoms with Crippen molar-refractivity contribution in [3.05, 3.63) is 23.2 Å². The minimum Gasteiger partial charge on any atom is -0.335 e. The van der Waals surface area contributed by atoms with Crippen molar-refractivity contribution in [3.8, 4) is 0 Å². The van der Waals surface area contributed by atoms with Gasteiger partial charge < -0.3 is 4.57 Å². The quantitative estimate of drug-likeness (QED) is 0.582. The van der Waals surface area contributed by atoms with E-state index in [2.05, 4.69) is 9.97 Å². The van der Waals surface area contributed by atoms with Gasteiger partial charge in [0.25, 0.3) is 0 Å². The number of aryl methyl sites for hydroxylation is 2. The van der Waals surface area contributed by atoms with E-state index in [1.54, 1.807) is 0 Å². The predicted molar refractivity (Wildman–Crippen MR) is 48.3 cm³/mol. The average molecular weight is 182 g/mol. The highest BCUT2D eigenvalue weighted by Gasteiger charge is 2.04. The molecule has 12 heavy (non-hydrogen) atoms. The standard InChI is InChI=1S/C8H8ClN3/c1-5-6-3-4-12(2)7(6)11-8(9)10-5/h3-4H,1-2H3. The molecule has 0 fully saturated rings. The molecule has 0 saturated carbocycles. The van der Waals surface area contributed by atoms with Crippen LogP contribution in [0.25, 0.3) is 11.0 Å². The van der Waals surface area contributed by atoms with Gasteiger partial charge >= 0.3 is 0 Å². The summed E-state index contributed by atoms with van der Waals surface area (Å²) in [4.78, 5) is 8.17. The molecule has 62 valence electrons. The zero-order chi connectivity index (χ0) is 8.72. The van der Waals surface area contributed by atoms with Crippen LogP contribution in [0.1, 0.15) is 5.69 Å². The van der Waals surface area contributed by atoms with Crippen molar-refractivity contribution in [2.24, 2.45) is 7.05 Å². The lowest BCUT2D eigenvalue weighted by atomic mass is 10.3. The van der Waals surface area contributed by atoms with Gasteiger partial charge in [-0.05, 0) is 24.6 Å². The van der Waals surface area contributed by atoms with E-state index < -0.39 is 0 Å². The summed E-state index contributed by atoms with van der Waals surface area (Å²) < 4.78 is 1.93. The highest BCUT2D eigenvalue weighted by atomic mass is 35.5. The van der Waals surface area contributed by atoms with Gasteiger partial charge in [0, 0.05) is 18.6 Å². The number of fused-ring (bicyclic) bond motifs is 1. The van der Waals surface area contributed by atoms with E-state index in [-0.39, 0.29) is 0 Å². The largest absolute Gasteiger partial charge is 0.335 e. The minimum atomic E-state index is 0.307. The van der Waals surface area contributed by atoms with Gasteiger partial charge in [-0.25, -0.2) is 4.98 Å². The summed E-state index contributed by atoms with van der Waals surface area (Å²) in [7, 11) is 1.94. The Bertz CT molecular complexity index is 433. The molecule has 0 atom stereocenters. The molecule has 2 rings (SSSR count). The Kier molecular flexibility index (Phi) is 1.54. The van der Waals surface area contributed by atoms with Crippen LogP contribution in [0.15, 0.2) is 12.3 Å². The number of rotatable bonds is 0. The Balaban J connectivity index is 2.92. The lowest BCUT2D eigenvalue weighted by Crippen LogP contribution is -1.92. The van der Waals surface area contributed by atoms with E-state index in [1.165, 1.54) is 0 Å². The molecule has 0 bridgehead atoms. The van der Waals surface area contributed by atoms with Crippen molar-refractivity contribution in [3.63, 3.8) is 0 Å². The molecule has 0 unspecified atom stereocenters. The number of aromatic nitrogens is 3. The van der Waals surface area contributed by atoms with Gasteiger partial charge in [-0.15, -0.1) is 0 Å². The summed E-state index contributed by atoms with van der Waals surface area (Å²) >= 11 is 5.72. The second-order valence-electron chi connectivity index (χ2n) is 2.74. The highest BCUT2D eigenvalue weighted by molar-refractivity contribution is 6.28. The first-order valence-electron chi connectivity index (χ1n) is 3.63. The maximum absolute atomic E-state index is 5.72. The van der Waals surface area contributed by atoms with Crippen LogP contribution in [0.2, 0.25) is 5.28 Å². The number of hydrogen-bond donors (Lipinski definition) is 0. The smallest absolute Gasteiger partial charge is 0.224 e. The summed E-state index contributed by atoms with van der Waals surface area (Å²) in [5, 5.41) is 1.36. The lowest BCUT2D eigenvalue weighted by molar-refractivity contribution is 0.941. The van der Waals surface area contributed by atoms with Crippen LogP contribution in [0.4, 0.5) is 0 Å². The maximum atomic E-state index is 5.72. The Morgan fingerprint density at radius 3 is 2.92 bits per heavy atom.